The number of benzene rings is 1. The van der Waals surface area contributed by atoms with Gasteiger partial charge in [-0.05, 0) is 17.7 Å². The number of halogens is 3. The Bertz CT molecular complexity index is 425. The summed E-state index contributed by atoms with van der Waals surface area (Å²) >= 11 is 0. The van der Waals surface area contributed by atoms with Crippen LogP contribution in [0.25, 0.3) is 0 Å². The van der Waals surface area contributed by atoms with E-state index in [9.17, 15) is 9.18 Å². The summed E-state index contributed by atoms with van der Waals surface area (Å²) in [5.41, 5.74) is 0.917. The van der Waals surface area contributed by atoms with Gasteiger partial charge in [0.25, 0.3) is 0 Å². The first-order valence-corrected chi connectivity index (χ1v) is 6.50. The molecule has 0 bridgehead atoms. The number of rotatable bonds is 4. The van der Waals surface area contributed by atoms with Crippen molar-refractivity contribution >= 4 is 30.8 Å². The highest BCUT2D eigenvalue weighted by Gasteiger charge is 2.21. The van der Waals surface area contributed by atoms with Crippen molar-refractivity contribution in [2.24, 2.45) is 0 Å². The summed E-state index contributed by atoms with van der Waals surface area (Å²) < 4.78 is 18.3. The Morgan fingerprint density at radius 2 is 1.86 bits per heavy atom. The Morgan fingerprint density at radius 3 is 2.33 bits per heavy atom. The van der Waals surface area contributed by atoms with Crippen molar-refractivity contribution in [1.29, 1.82) is 0 Å². The van der Waals surface area contributed by atoms with Gasteiger partial charge >= 0.3 is 5.97 Å². The molecule has 120 valence electrons. The lowest BCUT2D eigenvalue weighted by Gasteiger charge is -2.33. The lowest BCUT2D eigenvalue weighted by atomic mass is 10.1. The molecule has 0 amide bonds. The molecule has 0 spiro atoms. The minimum Gasteiger partial charge on any atom is -0.427 e. The normalized spacial score (nSPS) is 16.3. The largest absolute Gasteiger partial charge is 0.427 e. The maximum absolute atomic E-state index is 13.3. The van der Waals surface area contributed by atoms with Crippen LogP contribution in [0, 0.1) is 0 Å². The Kier molecular flexibility index (Phi) is 9.53. The van der Waals surface area contributed by atoms with Gasteiger partial charge in [-0.15, -0.1) is 24.8 Å². The number of alkyl halides is 1. The van der Waals surface area contributed by atoms with Crippen LogP contribution in [0.2, 0.25) is 0 Å². The van der Waals surface area contributed by atoms with Crippen molar-refractivity contribution in [3.63, 3.8) is 0 Å². The highest BCUT2D eigenvalue weighted by atomic mass is 35.5. The summed E-state index contributed by atoms with van der Waals surface area (Å²) in [6.07, 6.45) is 0. The molecule has 0 radical (unpaired) electrons. The van der Waals surface area contributed by atoms with E-state index in [0.29, 0.717) is 5.75 Å². The number of ether oxygens (including phenoxy) is 1. The zero-order chi connectivity index (χ0) is 13.7. The standard InChI is InChI=1S/C14H19FN2O2.2ClH/c1-11(18)19-13-4-2-12(3-5-13)14(10-15)17-8-6-16-7-9-17;;/h2-5,14,16H,6-10H2,1H3;2*1H/t14-;;/m1../s1. The fourth-order valence-corrected chi connectivity index (χ4v) is 2.32. The van der Waals surface area contributed by atoms with E-state index in [-0.39, 0.29) is 36.8 Å². The highest BCUT2D eigenvalue weighted by Crippen LogP contribution is 2.24. The molecule has 0 aliphatic carbocycles. The molecule has 7 heteroatoms. The van der Waals surface area contributed by atoms with Crippen LogP contribution < -0.4 is 10.1 Å². The molecule has 1 heterocycles. The number of nitrogens with one attached hydrogen (secondary N) is 1. The Labute approximate surface area is 136 Å². The van der Waals surface area contributed by atoms with E-state index in [1.54, 1.807) is 12.1 Å². The summed E-state index contributed by atoms with van der Waals surface area (Å²) in [6.45, 7) is 4.43. The second-order valence-corrected chi connectivity index (χ2v) is 4.62. The third-order valence-corrected chi connectivity index (χ3v) is 3.26. The molecule has 1 saturated heterocycles. The van der Waals surface area contributed by atoms with E-state index in [0.717, 1.165) is 31.7 Å². The van der Waals surface area contributed by atoms with Gasteiger partial charge in [0.1, 0.15) is 12.4 Å². The second-order valence-electron chi connectivity index (χ2n) is 4.62. The van der Waals surface area contributed by atoms with Gasteiger partial charge in [-0.25, -0.2) is 4.39 Å². The first-order chi connectivity index (χ1) is 9.20. The van der Waals surface area contributed by atoms with Gasteiger partial charge in [0.05, 0.1) is 6.04 Å². The van der Waals surface area contributed by atoms with Gasteiger partial charge in [0, 0.05) is 33.1 Å². The predicted molar refractivity (Wildman–Crippen MR) is 85.4 cm³/mol. The van der Waals surface area contributed by atoms with Gasteiger partial charge in [-0.3, -0.25) is 9.69 Å². The zero-order valence-corrected chi connectivity index (χ0v) is 13.5. The molecule has 1 fully saturated rings. The van der Waals surface area contributed by atoms with Crippen LogP contribution >= 0.6 is 24.8 Å². The van der Waals surface area contributed by atoms with E-state index < -0.39 is 6.67 Å². The predicted octanol–water partition coefficient (Wildman–Crippen LogP) is 2.37. The molecule has 4 nitrogen and oxygen atoms in total. The number of carbonyl (C=O) groups is 1. The molecule has 1 aliphatic rings. The number of hydrogen-bond donors (Lipinski definition) is 1. The number of nitrogens with zero attached hydrogens (tertiary/aromatic N) is 1. The van der Waals surface area contributed by atoms with Crippen molar-refractivity contribution < 1.29 is 13.9 Å². The molecule has 1 N–H and O–H groups in total. The monoisotopic (exact) mass is 338 g/mol. The molecular formula is C14H21Cl2FN2O2. The molecule has 1 aromatic rings. The van der Waals surface area contributed by atoms with E-state index in [1.165, 1.54) is 6.92 Å². The van der Waals surface area contributed by atoms with Crippen LogP contribution in [0.15, 0.2) is 24.3 Å². The molecule has 1 atom stereocenters. The fraction of sp³-hybridized carbons (Fsp3) is 0.500. The van der Waals surface area contributed by atoms with Crippen LogP contribution in [0.5, 0.6) is 5.75 Å². The van der Waals surface area contributed by atoms with Crippen LogP contribution in [-0.4, -0.2) is 43.7 Å². The molecule has 0 saturated carbocycles. The van der Waals surface area contributed by atoms with Crippen LogP contribution in [-0.2, 0) is 4.79 Å². The van der Waals surface area contributed by atoms with Gasteiger partial charge in [-0.1, -0.05) is 12.1 Å². The summed E-state index contributed by atoms with van der Waals surface area (Å²) in [6, 6.07) is 6.85. The average Bonchev–Trinajstić information content (AvgIpc) is 2.42. The molecule has 21 heavy (non-hydrogen) atoms. The molecule has 1 aromatic carbocycles. The lowest BCUT2D eigenvalue weighted by molar-refractivity contribution is -0.131. The summed E-state index contributed by atoms with van der Waals surface area (Å²) in [5, 5.41) is 3.25. The fourth-order valence-electron chi connectivity index (χ4n) is 2.32. The first kappa shape index (κ1) is 20.1. The van der Waals surface area contributed by atoms with Crippen LogP contribution in [0.3, 0.4) is 0 Å². The maximum atomic E-state index is 13.3. The number of piperazine rings is 1. The molecular weight excluding hydrogens is 318 g/mol. The van der Waals surface area contributed by atoms with Crippen LogP contribution in [0.4, 0.5) is 4.39 Å². The Morgan fingerprint density at radius 1 is 1.29 bits per heavy atom. The SMILES string of the molecule is CC(=O)Oc1ccc([C@@H](CF)N2CCNCC2)cc1.Cl.Cl. The summed E-state index contributed by atoms with van der Waals surface area (Å²) in [7, 11) is 0. The van der Waals surface area contributed by atoms with E-state index >= 15 is 0 Å². The van der Waals surface area contributed by atoms with Gasteiger partial charge in [-0.2, -0.15) is 0 Å². The molecule has 2 rings (SSSR count). The molecule has 0 unspecified atom stereocenters. The van der Waals surface area contributed by atoms with Gasteiger partial charge in [0.2, 0.25) is 0 Å². The smallest absolute Gasteiger partial charge is 0.308 e. The van der Waals surface area contributed by atoms with Gasteiger partial charge in [0.15, 0.2) is 0 Å². The molecule has 0 aromatic heterocycles. The Balaban J connectivity index is 0.00000200. The van der Waals surface area contributed by atoms with Crippen molar-refractivity contribution in [2.75, 3.05) is 32.9 Å². The van der Waals surface area contributed by atoms with Crippen molar-refractivity contribution in [3.8, 4) is 5.75 Å². The third-order valence-electron chi connectivity index (χ3n) is 3.26. The maximum Gasteiger partial charge on any atom is 0.308 e. The van der Waals surface area contributed by atoms with Crippen molar-refractivity contribution in [3.05, 3.63) is 29.8 Å². The van der Waals surface area contributed by atoms with E-state index in [1.807, 2.05) is 12.1 Å². The Hall–Kier alpha value is -0.880. The van der Waals surface area contributed by atoms with Crippen LogP contribution in [0.1, 0.15) is 18.5 Å². The average molecular weight is 339 g/mol. The molecule has 1 aliphatic heterocycles. The minimum absolute atomic E-state index is 0. The second kappa shape index (κ2) is 9.95. The first-order valence-electron chi connectivity index (χ1n) is 6.50. The third kappa shape index (κ3) is 5.79. The zero-order valence-electron chi connectivity index (χ0n) is 11.9. The number of hydrogen-bond acceptors (Lipinski definition) is 4. The highest BCUT2D eigenvalue weighted by molar-refractivity contribution is 5.85. The van der Waals surface area contributed by atoms with Gasteiger partial charge < -0.3 is 10.1 Å². The minimum atomic E-state index is -0.410. The summed E-state index contributed by atoms with van der Waals surface area (Å²) in [4.78, 5) is 13.0. The topological polar surface area (TPSA) is 41.6 Å². The lowest BCUT2D eigenvalue weighted by Crippen LogP contribution is -2.45. The van der Waals surface area contributed by atoms with Crippen molar-refractivity contribution in [1.82, 2.24) is 10.2 Å². The van der Waals surface area contributed by atoms with Crippen molar-refractivity contribution in [2.45, 2.75) is 13.0 Å². The number of carbonyl (C=O) groups excluding carboxylic acids is 1. The quantitative estimate of drug-likeness (QED) is 0.676. The van der Waals surface area contributed by atoms with E-state index in [2.05, 4.69) is 10.2 Å². The number of esters is 1. The van der Waals surface area contributed by atoms with E-state index in [4.69, 9.17) is 4.74 Å². The summed E-state index contributed by atoms with van der Waals surface area (Å²) in [5.74, 6) is 0.145.